The minimum atomic E-state index is -0.400. The van der Waals surface area contributed by atoms with E-state index in [1.54, 1.807) is 6.20 Å². The van der Waals surface area contributed by atoms with Crippen molar-refractivity contribution in [2.45, 2.75) is 32.6 Å². The van der Waals surface area contributed by atoms with E-state index in [-0.39, 0.29) is 16.8 Å². The number of aromatic nitrogens is 3. The molecule has 0 radical (unpaired) electrons. The number of ketones is 1. The summed E-state index contributed by atoms with van der Waals surface area (Å²) in [6.07, 6.45) is 2.99. The van der Waals surface area contributed by atoms with Gasteiger partial charge in [-0.2, -0.15) is 0 Å². The number of benzene rings is 1. The fourth-order valence-electron chi connectivity index (χ4n) is 4.50. The molecule has 0 saturated carbocycles. The van der Waals surface area contributed by atoms with Gasteiger partial charge in [-0.05, 0) is 29.5 Å². The summed E-state index contributed by atoms with van der Waals surface area (Å²) in [5.41, 5.74) is 3.67. The van der Waals surface area contributed by atoms with E-state index in [1.165, 1.54) is 0 Å². The zero-order valence-corrected chi connectivity index (χ0v) is 15.2. The molecule has 27 heavy (non-hydrogen) atoms. The number of fused-ring (bicyclic) bond motifs is 2. The SMILES string of the molecule is CC1(C)CC(=O)C2=C(C1)Nc1[nH][nH]c(=O)c1[C@H]2c1ccnc2ccccc12. The van der Waals surface area contributed by atoms with Gasteiger partial charge in [-0.15, -0.1) is 0 Å². The van der Waals surface area contributed by atoms with E-state index in [9.17, 15) is 9.59 Å². The number of aromatic amines is 2. The van der Waals surface area contributed by atoms with Crippen molar-refractivity contribution >= 4 is 22.5 Å². The molecule has 0 unspecified atom stereocenters. The first-order valence-electron chi connectivity index (χ1n) is 9.12. The van der Waals surface area contributed by atoms with Crippen molar-refractivity contribution in [1.82, 2.24) is 15.2 Å². The maximum atomic E-state index is 13.2. The minimum Gasteiger partial charge on any atom is -0.343 e. The van der Waals surface area contributed by atoms with Crippen molar-refractivity contribution in [1.29, 1.82) is 0 Å². The van der Waals surface area contributed by atoms with Crippen molar-refractivity contribution in [3.63, 3.8) is 0 Å². The largest absolute Gasteiger partial charge is 0.343 e. The molecule has 3 aromatic rings. The molecule has 1 aliphatic heterocycles. The number of allylic oxidation sites excluding steroid dienone is 2. The Morgan fingerprint density at radius 1 is 1.07 bits per heavy atom. The summed E-state index contributed by atoms with van der Waals surface area (Å²) in [7, 11) is 0. The zero-order chi connectivity index (χ0) is 18.8. The van der Waals surface area contributed by atoms with Crippen molar-refractivity contribution in [2.75, 3.05) is 5.32 Å². The number of carbonyl (C=O) groups excluding carboxylic acids is 1. The Bertz CT molecular complexity index is 1180. The number of para-hydroxylation sites is 1. The Kier molecular flexibility index (Phi) is 3.22. The predicted octanol–water partition coefficient (Wildman–Crippen LogP) is 3.45. The Morgan fingerprint density at radius 2 is 1.89 bits per heavy atom. The van der Waals surface area contributed by atoms with Gasteiger partial charge in [0.2, 0.25) is 0 Å². The van der Waals surface area contributed by atoms with Crippen LogP contribution < -0.4 is 10.9 Å². The van der Waals surface area contributed by atoms with Crippen LogP contribution in [0.3, 0.4) is 0 Å². The summed E-state index contributed by atoms with van der Waals surface area (Å²) in [6.45, 7) is 4.20. The third-order valence-corrected chi connectivity index (χ3v) is 5.58. The molecular formula is C21H20N4O2. The van der Waals surface area contributed by atoms with Gasteiger partial charge in [-0.25, -0.2) is 0 Å². The first-order chi connectivity index (χ1) is 12.9. The lowest BCUT2D eigenvalue weighted by molar-refractivity contribution is -0.118. The summed E-state index contributed by atoms with van der Waals surface area (Å²) < 4.78 is 0. The third-order valence-electron chi connectivity index (χ3n) is 5.58. The Balaban J connectivity index is 1.83. The molecule has 6 heteroatoms. The van der Waals surface area contributed by atoms with Crippen LogP contribution in [0.15, 0.2) is 52.6 Å². The van der Waals surface area contributed by atoms with Crippen molar-refractivity contribution in [2.24, 2.45) is 5.41 Å². The van der Waals surface area contributed by atoms with Gasteiger partial charge in [0.05, 0.1) is 11.1 Å². The quantitative estimate of drug-likeness (QED) is 0.620. The molecule has 136 valence electrons. The molecule has 3 N–H and O–H groups in total. The van der Waals surface area contributed by atoms with Gasteiger partial charge in [0.25, 0.3) is 5.56 Å². The van der Waals surface area contributed by atoms with E-state index in [4.69, 9.17) is 0 Å². The van der Waals surface area contributed by atoms with Gasteiger partial charge in [0.1, 0.15) is 5.82 Å². The minimum absolute atomic E-state index is 0.103. The topological polar surface area (TPSA) is 90.6 Å². The molecule has 2 aliphatic rings. The lowest BCUT2D eigenvalue weighted by Gasteiger charge is -2.38. The molecule has 0 bridgehead atoms. The van der Waals surface area contributed by atoms with E-state index in [0.717, 1.165) is 28.6 Å². The summed E-state index contributed by atoms with van der Waals surface area (Å²) in [5, 5.41) is 9.89. The number of hydrogen-bond donors (Lipinski definition) is 3. The normalized spacial score (nSPS) is 21.0. The van der Waals surface area contributed by atoms with Crippen LogP contribution in [0.2, 0.25) is 0 Å². The molecule has 6 nitrogen and oxygen atoms in total. The highest BCUT2D eigenvalue weighted by molar-refractivity contribution is 6.02. The summed E-state index contributed by atoms with van der Waals surface area (Å²) in [4.78, 5) is 30.2. The zero-order valence-electron chi connectivity index (χ0n) is 15.2. The van der Waals surface area contributed by atoms with Gasteiger partial charge >= 0.3 is 0 Å². The molecule has 1 aromatic carbocycles. The van der Waals surface area contributed by atoms with E-state index in [0.29, 0.717) is 23.4 Å². The van der Waals surface area contributed by atoms with Crippen LogP contribution in [-0.4, -0.2) is 21.0 Å². The van der Waals surface area contributed by atoms with Crippen LogP contribution in [0, 0.1) is 5.41 Å². The molecule has 2 aromatic heterocycles. The number of Topliss-reactive ketones (excluding diaryl/α,β-unsaturated/α-hetero) is 1. The number of H-pyrrole nitrogens is 2. The molecule has 0 fully saturated rings. The Labute approximate surface area is 155 Å². The molecule has 5 rings (SSSR count). The first kappa shape index (κ1) is 16.1. The smallest absolute Gasteiger partial charge is 0.270 e. The van der Waals surface area contributed by atoms with Gasteiger partial charge in [-0.3, -0.25) is 24.8 Å². The van der Waals surface area contributed by atoms with Crippen LogP contribution in [0.5, 0.6) is 0 Å². The second-order valence-corrected chi connectivity index (χ2v) is 8.18. The molecule has 1 aliphatic carbocycles. The highest BCUT2D eigenvalue weighted by Gasteiger charge is 2.42. The van der Waals surface area contributed by atoms with Crippen LogP contribution in [0.4, 0.5) is 5.82 Å². The molecule has 0 amide bonds. The third kappa shape index (κ3) is 2.36. The van der Waals surface area contributed by atoms with Crippen LogP contribution >= 0.6 is 0 Å². The van der Waals surface area contributed by atoms with Crippen molar-refractivity contribution in [3.05, 3.63) is 69.3 Å². The van der Waals surface area contributed by atoms with Gasteiger partial charge < -0.3 is 5.32 Å². The molecule has 1 atom stereocenters. The van der Waals surface area contributed by atoms with Crippen molar-refractivity contribution < 1.29 is 4.79 Å². The summed E-state index contributed by atoms with van der Waals surface area (Å²) >= 11 is 0. The number of anilines is 1. The lowest BCUT2D eigenvalue weighted by Crippen LogP contribution is -2.35. The molecular weight excluding hydrogens is 340 g/mol. The van der Waals surface area contributed by atoms with Gasteiger partial charge in [0, 0.05) is 35.2 Å². The van der Waals surface area contributed by atoms with E-state index >= 15 is 0 Å². The molecule has 0 spiro atoms. The predicted molar refractivity (Wildman–Crippen MR) is 104 cm³/mol. The second kappa shape index (κ2) is 5.42. The van der Waals surface area contributed by atoms with Crippen LogP contribution in [-0.2, 0) is 4.79 Å². The van der Waals surface area contributed by atoms with Gasteiger partial charge in [0.15, 0.2) is 5.78 Å². The fourth-order valence-corrected chi connectivity index (χ4v) is 4.50. The summed E-state index contributed by atoms with van der Waals surface area (Å²) in [6, 6.07) is 9.76. The number of rotatable bonds is 1. The van der Waals surface area contributed by atoms with Crippen LogP contribution in [0.1, 0.15) is 43.7 Å². The molecule has 3 heterocycles. The van der Waals surface area contributed by atoms with Crippen molar-refractivity contribution in [3.8, 4) is 0 Å². The van der Waals surface area contributed by atoms with E-state index in [1.807, 2.05) is 30.3 Å². The maximum absolute atomic E-state index is 13.2. The standard InChI is InChI=1S/C21H20N4O2/c1-21(2)9-14-17(15(26)10-21)16(18-19(23-14)24-25-20(18)27)12-7-8-22-13-6-4-3-5-11(12)13/h3-8,16H,9-10H2,1-2H3,(H3,23,24,25,27)/t16-/m0/s1. The number of pyridine rings is 1. The first-order valence-corrected chi connectivity index (χ1v) is 9.12. The number of hydrogen-bond acceptors (Lipinski definition) is 4. The monoisotopic (exact) mass is 360 g/mol. The maximum Gasteiger partial charge on any atom is 0.270 e. The van der Waals surface area contributed by atoms with E-state index in [2.05, 4.69) is 34.3 Å². The average Bonchev–Trinajstić information content (AvgIpc) is 2.99. The second-order valence-electron chi connectivity index (χ2n) is 8.18. The number of carbonyl (C=O) groups is 1. The lowest BCUT2D eigenvalue weighted by atomic mass is 9.69. The van der Waals surface area contributed by atoms with E-state index < -0.39 is 5.92 Å². The highest BCUT2D eigenvalue weighted by atomic mass is 16.1. The summed E-state index contributed by atoms with van der Waals surface area (Å²) in [5.74, 6) is 0.351. The molecule has 0 saturated heterocycles. The fraction of sp³-hybridized carbons (Fsp3) is 0.286. The average molecular weight is 360 g/mol. The Hall–Kier alpha value is -3.15. The van der Waals surface area contributed by atoms with Gasteiger partial charge in [-0.1, -0.05) is 32.0 Å². The Morgan fingerprint density at radius 3 is 2.74 bits per heavy atom. The number of nitrogens with one attached hydrogen (secondary N) is 3. The number of nitrogens with zero attached hydrogens (tertiary/aromatic N) is 1. The van der Waals surface area contributed by atoms with Crippen LogP contribution in [0.25, 0.3) is 10.9 Å². The highest BCUT2D eigenvalue weighted by Crippen LogP contribution is 2.48.